The number of aryl methyl sites for hydroxylation is 2. The Morgan fingerprint density at radius 3 is 2.58 bits per heavy atom. The number of benzene rings is 2. The predicted molar refractivity (Wildman–Crippen MR) is 109 cm³/mol. The van der Waals surface area contributed by atoms with E-state index in [1.165, 1.54) is 28.3 Å². The van der Waals surface area contributed by atoms with Crippen LogP contribution in [0.15, 0.2) is 60.9 Å². The fraction of sp³-hybridized carbons (Fsp3) is 0.348. The maximum atomic E-state index is 5.94. The van der Waals surface area contributed by atoms with Gasteiger partial charge < -0.3 is 10.1 Å². The van der Waals surface area contributed by atoms with Crippen LogP contribution in [0.25, 0.3) is 10.8 Å². The molecule has 0 aliphatic heterocycles. The van der Waals surface area contributed by atoms with Crippen LogP contribution >= 0.6 is 0 Å². The van der Waals surface area contributed by atoms with Crippen molar-refractivity contribution in [1.29, 1.82) is 0 Å². The fourth-order valence-corrected chi connectivity index (χ4v) is 3.16. The number of pyridine rings is 1. The molecule has 0 bridgehead atoms. The lowest BCUT2D eigenvalue weighted by atomic mass is 10.0. The Morgan fingerprint density at radius 1 is 0.885 bits per heavy atom. The van der Waals surface area contributed by atoms with Gasteiger partial charge in [-0.1, -0.05) is 30.3 Å². The molecule has 0 fully saturated rings. The highest BCUT2D eigenvalue weighted by atomic mass is 16.5. The quantitative estimate of drug-likeness (QED) is 0.535. The van der Waals surface area contributed by atoms with Crippen molar-refractivity contribution in [3.8, 4) is 5.75 Å². The molecule has 1 aromatic heterocycles. The molecule has 0 aliphatic carbocycles. The van der Waals surface area contributed by atoms with Crippen LogP contribution in [0.5, 0.6) is 5.75 Å². The Kier molecular flexibility index (Phi) is 7.03. The number of rotatable bonds is 10. The first kappa shape index (κ1) is 18.4. The zero-order valence-electron chi connectivity index (χ0n) is 15.6. The summed E-state index contributed by atoms with van der Waals surface area (Å²) < 4.78 is 5.94. The highest BCUT2D eigenvalue weighted by Crippen LogP contribution is 2.23. The van der Waals surface area contributed by atoms with E-state index < -0.39 is 0 Å². The van der Waals surface area contributed by atoms with Gasteiger partial charge >= 0.3 is 0 Å². The summed E-state index contributed by atoms with van der Waals surface area (Å²) in [7, 11) is 2.00. The van der Waals surface area contributed by atoms with Gasteiger partial charge in [-0.25, -0.2) is 0 Å². The molecule has 0 spiro atoms. The molecule has 3 heteroatoms. The normalized spacial score (nSPS) is 11.0. The van der Waals surface area contributed by atoms with Crippen molar-refractivity contribution in [2.24, 2.45) is 0 Å². The molecule has 0 unspecified atom stereocenters. The van der Waals surface area contributed by atoms with E-state index >= 15 is 0 Å². The van der Waals surface area contributed by atoms with Crippen LogP contribution in [0.3, 0.4) is 0 Å². The van der Waals surface area contributed by atoms with Gasteiger partial charge in [-0.2, -0.15) is 0 Å². The Labute approximate surface area is 156 Å². The van der Waals surface area contributed by atoms with Crippen LogP contribution in [0.2, 0.25) is 0 Å². The van der Waals surface area contributed by atoms with Gasteiger partial charge in [-0.3, -0.25) is 4.98 Å². The van der Waals surface area contributed by atoms with Crippen molar-refractivity contribution in [3.05, 3.63) is 72.1 Å². The Morgan fingerprint density at radius 2 is 1.73 bits per heavy atom. The molecule has 1 heterocycles. The molecule has 1 N–H and O–H groups in total. The summed E-state index contributed by atoms with van der Waals surface area (Å²) in [6.45, 7) is 1.82. The van der Waals surface area contributed by atoms with Gasteiger partial charge in [0, 0.05) is 12.4 Å². The van der Waals surface area contributed by atoms with Crippen molar-refractivity contribution in [1.82, 2.24) is 10.3 Å². The zero-order chi connectivity index (χ0) is 18.0. The zero-order valence-corrected chi connectivity index (χ0v) is 15.6. The van der Waals surface area contributed by atoms with E-state index in [-0.39, 0.29) is 0 Å². The number of unbranched alkanes of at least 4 members (excludes halogenated alkanes) is 1. The van der Waals surface area contributed by atoms with Crippen LogP contribution in [-0.2, 0) is 12.8 Å². The molecule has 0 saturated heterocycles. The van der Waals surface area contributed by atoms with Crippen molar-refractivity contribution in [2.45, 2.75) is 32.1 Å². The Balaban J connectivity index is 1.47. The molecule has 3 aromatic rings. The lowest BCUT2D eigenvalue weighted by molar-refractivity contribution is 0.307. The van der Waals surface area contributed by atoms with Gasteiger partial charge in [0.15, 0.2) is 0 Å². The first-order chi connectivity index (χ1) is 12.8. The van der Waals surface area contributed by atoms with Gasteiger partial charge in [0.2, 0.25) is 0 Å². The molecule has 3 rings (SSSR count). The third kappa shape index (κ3) is 5.57. The van der Waals surface area contributed by atoms with E-state index in [2.05, 4.69) is 52.8 Å². The van der Waals surface area contributed by atoms with E-state index in [9.17, 15) is 0 Å². The molecule has 0 aliphatic rings. The molecule has 0 radical (unpaired) electrons. The van der Waals surface area contributed by atoms with Crippen molar-refractivity contribution in [2.75, 3.05) is 20.2 Å². The predicted octanol–water partition coefficient (Wildman–Crippen LogP) is 4.79. The minimum atomic E-state index is 0.758. The van der Waals surface area contributed by atoms with Gasteiger partial charge in [-0.15, -0.1) is 0 Å². The van der Waals surface area contributed by atoms with Crippen LogP contribution in [0.4, 0.5) is 0 Å². The second kappa shape index (κ2) is 9.93. The molecule has 2 aromatic carbocycles. The summed E-state index contributed by atoms with van der Waals surface area (Å²) in [6.07, 6.45) is 9.28. The third-order valence-corrected chi connectivity index (χ3v) is 4.62. The molecule has 136 valence electrons. The Bertz CT molecular complexity index is 802. The minimum Gasteiger partial charge on any atom is -0.494 e. The van der Waals surface area contributed by atoms with Crippen molar-refractivity contribution < 1.29 is 4.74 Å². The van der Waals surface area contributed by atoms with Gasteiger partial charge in [-0.05, 0) is 85.8 Å². The average molecular weight is 348 g/mol. The smallest absolute Gasteiger partial charge is 0.119 e. The van der Waals surface area contributed by atoms with Crippen LogP contribution in [-0.4, -0.2) is 25.2 Å². The van der Waals surface area contributed by atoms with Gasteiger partial charge in [0.25, 0.3) is 0 Å². The fourth-order valence-electron chi connectivity index (χ4n) is 3.16. The Hall–Kier alpha value is -2.39. The average Bonchev–Trinajstić information content (AvgIpc) is 2.69. The van der Waals surface area contributed by atoms with Crippen molar-refractivity contribution in [3.63, 3.8) is 0 Å². The number of aromatic nitrogens is 1. The highest BCUT2D eigenvalue weighted by Gasteiger charge is 2.01. The first-order valence-electron chi connectivity index (χ1n) is 9.54. The van der Waals surface area contributed by atoms with Crippen molar-refractivity contribution >= 4 is 10.8 Å². The molecule has 0 atom stereocenters. The second-order valence-electron chi connectivity index (χ2n) is 6.72. The first-order valence-corrected chi connectivity index (χ1v) is 9.54. The lowest BCUT2D eigenvalue weighted by Crippen LogP contribution is -2.08. The summed E-state index contributed by atoms with van der Waals surface area (Å²) >= 11 is 0. The standard InChI is InChI=1S/C23H28N2O/c1-24-13-4-7-19-9-10-22-17-23(12-11-21(22)16-19)26-15-3-2-6-20-8-5-14-25-18-20/h5,8-12,14,16-18,24H,2-4,6-7,13,15H2,1H3. The minimum absolute atomic E-state index is 0.758. The molecule has 26 heavy (non-hydrogen) atoms. The van der Waals surface area contributed by atoms with E-state index in [0.717, 1.165) is 44.6 Å². The van der Waals surface area contributed by atoms with E-state index in [4.69, 9.17) is 4.74 Å². The van der Waals surface area contributed by atoms with Crippen LogP contribution in [0.1, 0.15) is 30.4 Å². The lowest BCUT2D eigenvalue weighted by Gasteiger charge is -2.09. The summed E-state index contributed by atoms with van der Waals surface area (Å²) in [5, 5.41) is 5.73. The molecule has 0 amide bonds. The van der Waals surface area contributed by atoms with Crippen LogP contribution in [0, 0.1) is 0 Å². The third-order valence-electron chi connectivity index (χ3n) is 4.62. The van der Waals surface area contributed by atoms with Gasteiger partial charge in [0.1, 0.15) is 5.75 Å². The largest absolute Gasteiger partial charge is 0.494 e. The molecular formula is C23H28N2O. The second-order valence-corrected chi connectivity index (χ2v) is 6.72. The molecule has 3 nitrogen and oxygen atoms in total. The monoisotopic (exact) mass is 348 g/mol. The SMILES string of the molecule is CNCCCc1ccc2cc(OCCCCc3cccnc3)ccc2c1. The number of hydrogen-bond acceptors (Lipinski definition) is 3. The molecule has 0 saturated carbocycles. The van der Waals surface area contributed by atoms with Gasteiger partial charge in [0.05, 0.1) is 6.61 Å². The maximum absolute atomic E-state index is 5.94. The van der Waals surface area contributed by atoms with E-state index in [1.54, 1.807) is 0 Å². The molecular weight excluding hydrogens is 320 g/mol. The number of nitrogens with zero attached hydrogens (tertiary/aromatic N) is 1. The maximum Gasteiger partial charge on any atom is 0.119 e. The number of hydrogen-bond donors (Lipinski definition) is 1. The topological polar surface area (TPSA) is 34.1 Å². The van der Waals surface area contributed by atoms with E-state index in [0.29, 0.717) is 0 Å². The van der Waals surface area contributed by atoms with Crippen LogP contribution < -0.4 is 10.1 Å². The summed E-state index contributed by atoms with van der Waals surface area (Å²) in [4.78, 5) is 4.15. The summed E-state index contributed by atoms with van der Waals surface area (Å²) in [5.41, 5.74) is 2.69. The number of fused-ring (bicyclic) bond motifs is 1. The summed E-state index contributed by atoms with van der Waals surface area (Å²) in [6, 6.07) is 17.3. The number of ether oxygens (including phenoxy) is 1. The summed E-state index contributed by atoms with van der Waals surface area (Å²) in [5.74, 6) is 0.960. The number of nitrogens with one attached hydrogen (secondary N) is 1. The highest BCUT2D eigenvalue weighted by molar-refractivity contribution is 5.84. The van der Waals surface area contributed by atoms with E-state index in [1.807, 2.05) is 25.5 Å².